The first-order chi connectivity index (χ1) is 11.3. The van der Waals surface area contributed by atoms with Gasteiger partial charge in [-0.05, 0) is 24.5 Å². The summed E-state index contributed by atoms with van der Waals surface area (Å²) in [5.74, 6) is -0.299. The number of hydrogen-bond acceptors (Lipinski definition) is 3. The Bertz CT molecular complexity index is 608. The fraction of sp³-hybridized carbons (Fsp3) is 0.250. The fourth-order valence-electron chi connectivity index (χ4n) is 2.31. The number of rotatable bonds is 8. The highest BCUT2D eigenvalue weighted by atomic mass is 16.5. The van der Waals surface area contributed by atoms with Crippen molar-refractivity contribution in [1.82, 2.24) is 5.32 Å². The van der Waals surface area contributed by atoms with Gasteiger partial charge in [-0.1, -0.05) is 66.7 Å². The molecule has 0 aliphatic rings. The first-order valence-corrected chi connectivity index (χ1v) is 7.94. The minimum absolute atomic E-state index is 0.0713. The predicted octanol–water partition coefficient (Wildman–Crippen LogP) is 3.51. The Kier molecular flexibility index (Phi) is 7.08. The summed E-state index contributed by atoms with van der Waals surface area (Å²) in [5, 5.41) is 3.49. The van der Waals surface area contributed by atoms with Gasteiger partial charge in [-0.15, -0.1) is 0 Å². The standard InChI is InChI=1S/C20H23NO2/c1-2-23-20(22)14-13-19(15-17-9-5-3-6-10-17)21-16-18-11-7-4-8-12-18/h3-14,19,21H,2,15-16H2,1H3/t19-/m1/s1. The normalized spacial score (nSPS) is 12.2. The third-order valence-electron chi connectivity index (χ3n) is 3.46. The van der Waals surface area contributed by atoms with E-state index in [1.165, 1.54) is 17.2 Å². The molecule has 2 aromatic rings. The third kappa shape index (κ3) is 6.49. The van der Waals surface area contributed by atoms with Crippen LogP contribution in [0, 0.1) is 0 Å². The van der Waals surface area contributed by atoms with Crippen LogP contribution in [0.15, 0.2) is 72.8 Å². The second kappa shape index (κ2) is 9.59. The summed E-state index contributed by atoms with van der Waals surface area (Å²) in [7, 11) is 0. The highest BCUT2D eigenvalue weighted by molar-refractivity contribution is 5.82. The van der Waals surface area contributed by atoms with Crippen molar-refractivity contribution in [3.8, 4) is 0 Å². The van der Waals surface area contributed by atoms with E-state index < -0.39 is 0 Å². The van der Waals surface area contributed by atoms with Crippen molar-refractivity contribution in [3.63, 3.8) is 0 Å². The van der Waals surface area contributed by atoms with E-state index in [-0.39, 0.29) is 12.0 Å². The van der Waals surface area contributed by atoms with Gasteiger partial charge >= 0.3 is 5.97 Å². The van der Waals surface area contributed by atoms with E-state index in [0.29, 0.717) is 6.61 Å². The number of carbonyl (C=O) groups is 1. The Morgan fingerprint density at radius 1 is 1.04 bits per heavy atom. The number of nitrogens with one attached hydrogen (secondary N) is 1. The Hall–Kier alpha value is -2.39. The van der Waals surface area contributed by atoms with E-state index in [9.17, 15) is 4.79 Å². The van der Waals surface area contributed by atoms with Crippen LogP contribution >= 0.6 is 0 Å². The van der Waals surface area contributed by atoms with Crippen molar-refractivity contribution in [2.45, 2.75) is 25.9 Å². The molecule has 3 nitrogen and oxygen atoms in total. The van der Waals surface area contributed by atoms with Gasteiger partial charge in [0.1, 0.15) is 0 Å². The van der Waals surface area contributed by atoms with E-state index >= 15 is 0 Å². The molecule has 2 aromatic carbocycles. The second-order valence-corrected chi connectivity index (χ2v) is 5.27. The Labute approximate surface area is 138 Å². The molecule has 1 atom stereocenters. The Balaban J connectivity index is 1.99. The highest BCUT2D eigenvalue weighted by Crippen LogP contribution is 2.06. The van der Waals surface area contributed by atoms with Crippen LogP contribution in [-0.2, 0) is 22.5 Å². The van der Waals surface area contributed by atoms with Gasteiger partial charge in [0.05, 0.1) is 6.61 Å². The van der Waals surface area contributed by atoms with Gasteiger partial charge in [-0.2, -0.15) is 0 Å². The molecule has 1 N–H and O–H groups in total. The van der Waals surface area contributed by atoms with Crippen molar-refractivity contribution in [1.29, 1.82) is 0 Å². The van der Waals surface area contributed by atoms with Gasteiger partial charge in [0.2, 0.25) is 0 Å². The van der Waals surface area contributed by atoms with Crippen molar-refractivity contribution in [3.05, 3.63) is 83.9 Å². The molecule has 0 unspecified atom stereocenters. The monoisotopic (exact) mass is 309 g/mol. The molecular weight excluding hydrogens is 286 g/mol. The lowest BCUT2D eigenvalue weighted by atomic mass is 10.0. The summed E-state index contributed by atoms with van der Waals surface area (Å²) in [6.07, 6.45) is 4.21. The first kappa shape index (κ1) is 17.0. The van der Waals surface area contributed by atoms with Gasteiger partial charge in [0, 0.05) is 18.7 Å². The Morgan fingerprint density at radius 2 is 1.65 bits per heavy atom. The zero-order valence-electron chi connectivity index (χ0n) is 13.4. The maximum Gasteiger partial charge on any atom is 0.330 e. The zero-order valence-corrected chi connectivity index (χ0v) is 13.4. The lowest BCUT2D eigenvalue weighted by molar-refractivity contribution is -0.137. The average molecular weight is 309 g/mol. The second-order valence-electron chi connectivity index (χ2n) is 5.27. The molecule has 0 aliphatic heterocycles. The van der Waals surface area contributed by atoms with Crippen molar-refractivity contribution in [2.24, 2.45) is 0 Å². The number of hydrogen-bond donors (Lipinski definition) is 1. The first-order valence-electron chi connectivity index (χ1n) is 7.94. The van der Waals surface area contributed by atoms with Gasteiger partial charge in [0.25, 0.3) is 0 Å². The summed E-state index contributed by atoms with van der Waals surface area (Å²) in [6, 6.07) is 20.5. The topological polar surface area (TPSA) is 38.3 Å². The van der Waals surface area contributed by atoms with Gasteiger partial charge < -0.3 is 10.1 Å². The molecular formula is C20H23NO2. The average Bonchev–Trinajstić information content (AvgIpc) is 2.59. The zero-order chi connectivity index (χ0) is 16.3. The smallest absolute Gasteiger partial charge is 0.330 e. The summed E-state index contributed by atoms with van der Waals surface area (Å²) in [4.78, 5) is 11.5. The molecule has 0 fully saturated rings. The van der Waals surface area contributed by atoms with E-state index in [2.05, 4.69) is 29.6 Å². The molecule has 0 aliphatic carbocycles. The Morgan fingerprint density at radius 3 is 2.26 bits per heavy atom. The number of benzene rings is 2. The van der Waals surface area contributed by atoms with Crippen molar-refractivity contribution < 1.29 is 9.53 Å². The molecule has 0 aromatic heterocycles. The lowest BCUT2D eigenvalue weighted by Gasteiger charge is -2.15. The molecule has 0 amide bonds. The van der Waals surface area contributed by atoms with Crippen LogP contribution in [0.1, 0.15) is 18.1 Å². The van der Waals surface area contributed by atoms with Crippen LogP contribution in [0.4, 0.5) is 0 Å². The van der Waals surface area contributed by atoms with E-state index in [4.69, 9.17) is 4.74 Å². The summed E-state index contributed by atoms with van der Waals surface area (Å²) < 4.78 is 4.95. The molecule has 2 rings (SSSR count). The van der Waals surface area contributed by atoms with Crippen molar-refractivity contribution >= 4 is 5.97 Å². The number of ether oxygens (including phenoxy) is 1. The largest absolute Gasteiger partial charge is 0.463 e. The quantitative estimate of drug-likeness (QED) is 0.599. The van der Waals surface area contributed by atoms with Crippen LogP contribution < -0.4 is 5.32 Å². The maximum atomic E-state index is 11.5. The van der Waals surface area contributed by atoms with Gasteiger partial charge in [-0.3, -0.25) is 0 Å². The van der Waals surface area contributed by atoms with Crippen LogP contribution in [-0.4, -0.2) is 18.6 Å². The molecule has 0 radical (unpaired) electrons. The number of carbonyl (C=O) groups excluding carboxylic acids is 1. The SMILES string of the molecule is CCOC(=O)C=C[C@H](Cc1ccccc1)NCc1ccccc1. The minimum atomic E-state index is -0.299. The van der Waals surface area contributed by atoms with E-state index in [1.807, 2.05) is 42.5 Å². The lowest BCUT2D eigenvalue weighted by Crippen LogP contribution is -2.29. The third-order valence-corrected chi connectivity index (χ3v) is 3.46. The molecule has 3 heteroatoms. The molecule has 0 spiro atoms. The molecule has 0 saturated heterocycles. The fourth-order valence-corrected chi connectivity index (χ4v) is 2.31. The molecule has 0 saturated carbocycles. The van der Waals surface area contributed by atoms with Crippen LogP contribution in [0.3, 0.4) is 0 Å². The van der Waals surface area contributed by atoms with Gasteiger partial charge in [0.15, 0.2) is 0 Å². The molecule has 23 heavy (non-hydrogen) atoms. The summed E-state index contributed by atoms with van der Waals surface area (Å²) in [5.41, 5.74) is 2.45. The van der Waals surface area contributed by atoms with Crippen LogP contribution in [0.25, 0.3) is 0 Å². The highest BCUT2D eigenvalue weighted by Gasteiger charge is 2.07. The van der Waals surface area contributed by atoms with E-state index in [0.717, 1.165) is 13.0 Å². The minimum Gasteiger partial charge on any atom is -0.463 e. The van der Waals surface area contributed by atoms with E-state index in [1.54, 1.807) is 6.92 Å². The summed E-state index contributed by atoms with van der Waals surface area (Å²) >= 11 is 0. The van der Waals surface area contributed by atoms with Crippen LogP contribution in [0.2, 0.25) is 0 Å². The van der Waals surface area contributed by atoms with Crippen molar-refractivity contribution in [2.75, 3.05) is 6.61 Å². The predicted molar refractivity (Wildman–Crippen MR) is 93.0 cm³/mol. The van der Waals surface area contributed by atoms with Gasteiger partial charge in [-0.25, -0.2) is 4.79 Å². The summed E-state index contributed by atoms with van der Waals surface area (Å²) in [6.45, 7) is 2.95. The van der Waals surface area contributed by atoms with Crippen LogP contribution in [0.5, 0.6) is 0 Å². The molecule has 120 valence electrons. The maximum absolute atomic E-state index is 11.5. The number of esters is 1. The molecule has 0 heterocycles. The molecule has 0 bridgehead atoms.